The maximum absolute atomic E-state index is 14.6. The molecule has 1 aromatic rings. The highest BCUT2D eigenvalue weighted by Gasteiger charge is 2.43. The number of nitrogens with one attached hydrogen (secondary N) is 1. The number of carbonyl (C=O) groups is 3. The summed E-state index contributed by atoms with van der Waals surface area (Å²) < 4.78 is 51.9. The minimum Gasteiger partial charge on any atom is -0.344 e. The van der Waals surface area contributed by atoms with E-state index in [1.165, 1.54) is 5.32 Å². The summed E-state index contributed by atoms with van der Waals surface area (Å²) in [5, 5.41) is 0.679. The summed E-state index contributed by atoms with van der Waals surface area (Å²) in [5.41, 5.74) is -0.437. The summed E-state index contributed by atoms with van der Waals surface area (Å²) in [6, 6.07) is 0.945. The van der Waals surface area contributed by atoms with Gasteiger partial charge in [0.2, 0.25) is 0 Å². The van der Waals surface area contributed by atoms with Crippen molar-refractivity contribution in [3.05, 3.63) is 38.6 Å². The van der Waals surface area contributed by atoms with Crippen LogP contribution in [0.2, 0.25) is 10.0 Å². The smallest absolute Gasteiger partial charge is 0.344 e. The van der Waals surface area contributed by atoms with Gasteiger partial charge in [0.25, 0.3) is 11.8 Å². The van der Waals surface area contributed by atoms with E-state index >= 15 is 0 Å². The third kappa shape index (κ3) is 3.48. The van der Waals surface area contributed by atoms with Gasteiger partial charge >= 0.3 is 12.1 Å². The molecule has 11 heteroatoms. The fraction of sp³-hybridized carbons (Fsp3) is 0.353. The topological polar surface area (TPSA) is 66.5 Å². The predicted molar refractivity (Wildman–Crippen MR) is 92.3 cm³/mol. The second-order valence-corrected chi connectivity index (χ2v) is 7.09. The minimum atomic E-state index is -5.20. The molecule has 0 saturated heterocycles. The van der Waals surface area contributed by atoms with Crippen molar-refractivity contribution in [2.75, 3.05) is 4.90 Å². The highest BCUT2D eigenvalue weighted by atomic mass is 35.5. The van der Waals surface area contributed by atoms with Crippen LogP contribution < -0.4 is 10.2 Å². The number of benzene rings is 1. The molecule has 3 amide bonds. The molecule has 0 bridgehead atoms. The molecule has 0 fully saturated rings. The largest absolute Gasteiger partial charge is 0.471 e. The molecule has 28 heavy (non-hydrogen) atoms. The minimum absolute atomic E-state index is 0.285. The molecule has 150 valence electrons. The maximum Gasteiger partial charge on any atom is 0.471 e. The molecule has 0 unspecified atom stereocenters. The van der Waals surface area contributed by atoms with Gasteiger partial charge in [-0.05, 0) is 31.7 Å². The number of nitrogens with zero attached hydrogens (tertiary/aromatic N) is 1. The Hall–Kier alpha value is -2.13. The average molecular weight is 439 g/mol. The van der Waals surface area contributed by atoms with Crippen LogP contribution in [0.4, 0.5) is 23.2 Å². The van der Waals surface area contributed by atoms with Crippen LogP contribution in [0.15, 0.2) is 17.2 Å². The van der Waals surface area contributed by atoms with Gasteiger partial charge in [0.15, 0.2) is 0 Å². The van der Waals surface area contributed by atoms with Crippen LogP contribution in [0, 0.1) is 5.82 Å². The molecular formula is C17H12Cl2F4N2O3. The van der Waals surface area contributed by atoms with Gasteiger partial charge in [0.05, 0.1) is 15.7 Å². The van der Waals surface area contributed by atoms with Crippen molar-refractivity contribution in [3.63, 3.8) is 0 Å². The number of anilines is 1. The zero-order valence-electron chi connectivity index (χ0n) is 14.1. The first-order valence-corrected chi connectivity index (χ1v) is 8.91. The van der Waals surface area contributed by atoms with Crippen molar-refractivity contribution in [2.24, 2.45) is 0 Å². The lowest BCUT2D eigenvalue weighted by Crippen LogP contribution is -2.38. The first kappa shape index (κ1) is 20.6. The molecule has 0 radical (unpaired) electrons. The summed E-state index contributed by atoms with van der Waals surface area (Å²) in [4.78, 5) is 37.2. The van der Waals surface area contributed by atoms with Gasteiger partial charge in [-0.25, -0.2) is 9.29 Å². The van der Waals surface area contributed by atoms with Gasteiger partial charge in [0, 0.05) is 23.3 Å². The number of hydrogen-bond donors (Lipinski definition) is 1. The third-order valence-electron chi connectivity index (χ3n) is 4.54. The standard InChI is InChI=1S/C17H12Cl2F4N2O3/c18-10-5-11(19)13(9(12(10)20)6-24-16(28)17(21,22)23)25-14(26)7-3-1-2-4-8(7)15(25)27/h5H,1-4,6H2,(H,24,28). The van der Waals surface area contributed by atoms with Crippen LogP contribution in [-0.4, -0.2) is 23.9 Å². The van der Waals surface area contributed by atoms with E-state index in [1.54, 1.807) is 0 Å². The van der Waals surface area contributed by atoms with Crippen molar-refractivity contribution in [2.45, 2.75) is 38.4 Å². The van der Waals surface area contributed by atoms with E-state index in [-0.39, 0.29) is 16.2 Å². The monoisotopic (exact) mass is 438 g/mol. The molecule has 1 aromatic carbocycles. The van der Waals surface area contributed by atoms with E-state index in [1.807, 2.05) is 0 Å². The second-order valence-electron chi connectivity index (χ2n) is 6.27. The maximum atomic E-state index is 14.6. The van der Waals surface area contributed by atoms with E-state index in [0.29, 0.717) is 30.6 Å². The van der Waals surface area contributed by atoms with Crippen LogP contribution >= 0.6 is 23.2 Å². The van der Waals surface area contributed by atoms with Gasteiger partial charge in [-0.15, -0.1) is 0 Å². The number of amides is 3. The first-order chi connectivity index (χ1) is 13.0. The van der Waals surface area contributed by atoms with Crippen LogP contribution in [0.3, 0.4) is 0 Å². The van der Waals surface area contributed by atoms with Crippen molar-refractivity contribution in [3.8, 4) is 0 Å². The van der Waals surface area contributed by atoms with Gasteiger partial charge in [-0.3, -0.25) is 14.4 Å². The molecule has 1 heterocycles. The molecule has 2 aliphatic rings. The van der Waals surface area contributed by atoms with Crippen LogP contribution in [0.1, 0.15) is 31.2 Å². The fourth-order valence-corrected chi connectivity index (χ4v) is 3.84. The molecule has 1 aliphatic carbocycles. The second kappa shape index (κ2) is 7.36. The Bertz CT molecular complexity index is 900. The first-order valence-electron chi connectivity index (χ1n) is 8.16. The van der Waals surface area contributed by atoms with Crippen molar-refractivity contribution in [1.82, 2.24) is 5.32 Å². The van der Waals surface area contributed by atoms with E-state index in [9.17, 15) is 31.9 Å². The summed E-state index contributed by atoms with van der Waals surface area (Å²) in [5.74, 6) is -4.90. The Labute approximate surface area is 166 Å². The lowest BCUT2D eigenvalue weighted by Gasteiger charge is -2.22. The summed E-state index contributed by atoms with van der Waals surface area (Å²) in [6.45, 7) is -0.971. The molecule has 1 N–H and O–H groups in total. The van der Waals surface area contributed by atoms with Gasteiger partial charge < -0.3 is 5.32 Å². The quantitative estimate of drug-likeness (QED) is 0.439. The van der Waals surface area contributed by atoms with E-state index in [4.69, 9.17) is 23.2 Å². The lowest BCUT2D eigenvalue weighted by molar-refractivity contribution is -0.173. The summed E-state index contributed by atoms with van der Waals surface area (Å²) in [7, 11) is 0. The Morgan fingerprint density at radius 2 is 1.61 bits per heavy atom. The number of alkyl halides is 3. The summed E-state index contributed by atoms with van der Waals surface area (Å²) in [6.07, 6.45) is -3.07. The van der Waals surface area contributed by atoms with E-state index < -0.39 is 52.5 Å². The number of imide groups is 1. The molecule has 0 aromatic heterocycles. The number of hydrogen-bond acceptors (Lipinski definition) is 3. The molecule has 3 rings (SSSR count). The van der Waals surface area contributed by atoms with Crippen LogP contribution in [-0.2, 0) is 20.9 Å². The molecule has 0 spiro atoms. The lowest BCUT2D eigenvalue weighted by atomic mass is 9.93. The zero-order valence-corrected chi connectivity index (χ0v) is 15.6. The third-order valence-corrected chi connectivity index (χ3v) is 5.10. The van der Waals surface area contributed by atoms with Gasteiger partial charge in [-0.1, -0.05) is 23.2 Å². The highest BCUT2D eigenvalue weighted by Crippen LogP contribution is 2.42. The predicted octanol–water partition coefficient (Wildman–Crippen LogP) is 4.05. The summed E-state index contributed by atoms with van der Waals surface area (Å²) >= 11 is 11.8. The Balaban J connectivity index is 2.04. The van der Waals surface area contributed by atoms with Crippen LogP contribution in [0.5, 0.6) is 0 Å². The normalized spacial score (nSPS) is 17.3. The van der Waals surface area contributed by atoms with Crippen molar-refractivity contribution >= 4 is 46.6 Å². The number of carbonyl (C=O) groups excluding carboxylic acids is 3. The Kier molecular flexibility index (Phi) is 5.42. The highest BCUT2D eigenvalue weighted by molar-refractivity contribution is 6.41. The zero-order chi connectivity index (χ0) is 20.8. The Morgan fingerprint density at radius 1 is 1.07 bits per heavy atom. The molecule has 1 aliphatic heterocycles. The number of halogens is 6. The fourth-order valence-electron chi connectivity index (χ4n) is 3.25. The molecule has 0 atom stereocenters. The van der Waals surface area contributed by atoms with E-state index in [0.717, 1.165) is 6.07 Å². The van der Waals surface area contributed by atoms with Gasteiger partial charge in [-0.2, -0.15) is 13.2 Å². The van der Waals surface area contributed by atoms with Gasteiger partial charge in [0.1, 0.15) is 5.82 Å². The molecule has 0 saturated carbocycles. The van der Waals surface area contributed by atoms with E-state index in [2.05, 4.69) is 0 Å². The van der Waals surface area contributed by atoms with Crippen molar-refractivity contribution < 1.29 is 31.9 Å². The van der Waals surface area contributed by atoms with Crippen LogP contribution in [0.25, 0.3) is 0 Å². The molecule has 5 nitrogen and oxygen atoms in total. The van der Waals surface area contributed by atoms with Crippen molar-refractivity contribution in [1.29, 1.82) is 0 Å². The average Bonchev–Trinajstić information content (AvgIpc) is 2.87. The Morgan fingerprint density at radius 3 is 2.11 bits per heavy atom. The number of rotatable bonds is 3. The SMILES string of the molecule is O=C1C2=C(CCCC2)C(=O)N1c1c(Cl)cc(Cl)c(F)c1CNC(=O)C(F)(F)F. The molecular weight excluding hydrogens is 427 g/mol.